The zero-order valence-electron chi connectivity index (χ0n) is 24.7. The largest absolute Gasteiger partial charge is 0.435 e. The zero-order chi connectivity index (χ0) is 29.7. The highest BCUT2D eigenvalue weighted by atomic mass is 19.3. The van der Waals surface area contributed by atoms with Gasteiger partial charge in [-0.05, 0) is 83.2 Å². The first kappa shape index (κ1) is 33.0. The summed E-state index contributed by atoms with van der Waals surface area (Å²) >= 11 is 0. The minimum atomic E-state index is -3.01. The van der Waals surface area contributed by atoms with E-state index in [-0.39, 0.29) is 17.2 Å². The fourth-order valence-corrected chi connectivity index (χ4v) is 5.69. The summed E-state index contributed by atoms with van der Waals surface area (Å²) in [7, 11) is 1.82. The molecule has 2 aromatic rings. The van der Waals surface area contributed by atoms with E-state index < -0.39 is 18.4 Å². The van der Waals surface area contributed by atoms with E-state index in [9.17, 15) is 23.8 Å². The van der Waals surface area contributed by atoms with Gasteiger partial charge >= 0.3 is 6.61 Å². The molecule has 1 aliphatic rings. The molecule has 6 nitrogen and oxygen atoms in total. The molecule has 2 heterocycles. The van der Waals surface area contributed by atoms with E-state index >= 15 is 0 Å². The van der Waals surface area contributed by atoms with Crippen molar-refractivity contribution in [3.63, 3.8) is 0 Å². The number of hydrogen-bond acceptors (Lipinski definition) is 5. The minimum absolute atomic E-state index is 0.0942. The zero-order valence-corrected chi connectivity index (χ0v) is 24.7. The molecule has 0 aliphatic carbocycles. The monoisotopic (exact) mass is 574 g/mol. The molecule has 2 N–H and O–H groups in total. The summed E-state index contributed by atoms with van der Waals surface area (Å²) in [5, 5.41) is 22.8. The molecule has 0 spiro atoms. The van der Waals surface area contributed by atoms with Gasteiger partial charge in [-0.15, -0.1) is 0 Å². The third-order valence-electron chi connectivity index (χ3n) is 7.99. The molecule has 1 unspecified atom stereocenters. The minimum Gasteiger partial charge on any atom is -0.435 e. The number of allylic oxidation sites excluding steroid dienone is 4. The number of hydrogen-bond donors (Lipinski definition) is 2. The van der Waals surface area contributed by atoms with E-state index in [1.807, 2.05) is 11.9 Å². The van der Waals surface area contributed by atoms with Crippen molar-refractivity contribution < 1.29 is 28.5 Å². The van der Waals surface area contributed by atoms with Crippen molar-refractivity contribution in [3.8, 4) is 5.75 Å². The fraction of sp³-hybridized carbons (Fsp3) is 0.606. The molecule has 1 aliphatic heterocycles. The highest BCUT2D eigenvalue weighted by Crippen LogP contribution is 2.38. The first-order valence-electron chi connectivity index (χ1n) is 15.3. The maximum absolute atomic E-state index is 13.2. The average molecular weight is 575 g/mol. The molecule has 1 atom stereocenters. The number of unbranched alkanes of at least 4 members (excludes halogenated alkanes) is 8. The number of rotatable bonds is 18. The molecule has 3 rings (SSSR count). The maximum atomic E-state index is 13.2. The van der Waals surface area contributed by atoms with Crippen LogP contribution in [0.5, 0.6) is 5.75 Å². The number of alkyl halides is 2. The summed E-state index contributed by atoms with van der Waals surface area (Å²) in [6, 6.07) is 3.69. The Labute approximate surface area is 243 Å². The molecule has 228 valence electrons. The Morgan fingerprint density at radius 1 is 1.05 bits per heavy atom. The van der Waals surface area contributed by atoms with Crippen LogP contribution in [0, 0.1) is 0 Å². The summed E-state index contributed by atoms with van der Waals surface area (Å²) in [5.41, 5.74) is 0.571. The van der Waals surface area contributed by atoms with Gasteiger partial charge in [-0.2, -0.15) is 8.78 Å². The van der Waals surface area contributed by atoms with Gasteiger partial charge in [0.1, 0.15) is 5.75 Å². The summed E-state index contributed by atoms with van der Waals surface area (Å²) in [6.45, 7) is -0.0679. The van der Waals surface area contributed by atoms with Crippen LogP contribution in [0.3, 0.4) is 0 Å². The third kappa shape index (κ3) is 9.76. The Balaban J connectivity index is 1.52. The van der Waals surface area contributed by atoms with Gasteiger partial charge < -0.3 is 14.9 Å². The Morgan fingerprint density at radius 3 is 2.39 bits per heavy atom. The number of halogens is 2. The lowest BCUT2D eigenvalue weighted by atomic mass is 9.95. The smallest absolute Gasteiger partial charge is 0.387 e. The normalized spacial score (nSPS) is 16.7. The molecule has 8 heteroatoms. The van der Waals surface area contributed by atoms with Crippen LogP contribution in [0.4, 0.5) is 8.78 Å². The van der Waals surface area contributed by atoms with Gasteiger partial charge in [0.2, 0.25) is 11.7 Å². The number of carbonyl (C=O) groups is 1. The second kappa shape index (κ2) is 16.8. The summed E-state index contributed by atoms with van der Waals surface area (Å²) in [6.07, 6.45) is 24.2. The molecule has 0 radical (unpaired) electrons. The maximum Gasteiger partial charge on any atom is 0.387 e. The average Bonchev–Trinajstić information content (AvgIpc) is 3.54. The number of carbonyl (C=O) groups excluding carboxylic acids is 1. The van der Waals surface area contributed by atoms with Crippen molar-refractivity contribution >= 4 is 16.8 Å². The first-order chi connectivity index (χ1) is 19.8. The number of ether oxygens (including phenoxy) is 1. The van der Waals surface area contributed by atoms with Crippen LogP contribution >= 0.6 is 0 Å². The van der Waals surface area contributed by atoms with Gasteiger partial charge in [0.25, 0.3) is 0 Å². The van der Waals surface area contributed by atoms with E-state index in [4.69, 9.17) is 0 Å². The molecule has 1 aromatic carbocycles. The topological polar surface area (TPSA) is 74.9 Å². The number of likely N-dealkylation sites (tertiary alicyclic amines) is 1. The van der Waals surface area contributed by atoms with Gasteiger partial charge in [-0.25, -0.2) is 0 Å². The molecule has 41 heavy (non-hydrogen) atoms. The second-order valence-corrected chi connectivity index (χ2v) is 11.2. The van der Waals surface area contributed by atoms with Crippen LogP contribution in [0.2, 0.25) is 0 Å². The van der Waals surface area contributed by atoms with E-state index in [0.717, 1.165) is 57.9 Å². The number of benzene rings is 1. The number of fused-ring (bicyclic) bond motifs is 1. The molecule has 0 amide bonds. The number of likely N-dealkylation sites (N-methyl/N-ethyl adjacent to an activating group) is 1. The number of nitrogens with zero attached hydrogens (tertiary/aromatic N) is 2. The molecular formula is C33H48F2N2O4. The lowest BCUT2D eigenvalue weighted by molar-refractivity contribution is -0.206. The van der Waals surface area contributed by atoms with Crippen LogP contribution in [0.25, 0.3) is 10.9 Å². The van der Waals surface area contributed by atoms with Gasteiger partial charge in [-0.1, -0.05) is 63.3 Å². The van der Waals surface area contributed by atoms with Gasteiger partial charge in [0, 0.05) is 23.6 Å². The summed E-state index contributed by atoms with van der Waals surface area (Å²) in [4.78, 5) is 15.1. The van der Waals surface area contributed by atoms with Gasteiger partial charge in [-0.3, -0.25) is 14.3 Å². The van der Waals surface area contributed by atoms with E-state index in [1.165, 1.54) is 54.6 Å². The number of aliphatic hydroxyl groups is 2. The SMILES string of the molecule is CCCCC/C=C\C/C=C\CCCCCCCC(=O)n1cc(C(O)(O)C2CCCN2C)c2cc(OC(F)F)ccc21. The van der Waals surface area contributed by atoms with Crippen LogP contribution in [0.1, 0.15) is 107 Å². The standard InChI is InChI=1S/C33H48F2N2O4/c1-3-4-5-6-7-8-9-10-11-12-13-14-15-16-17-20-31(38)37-25-28(33(39,40)30-19-18-23-36(30)2)27-24-26(41-32(34)35)21-22-29(27)37/h7-8,10-11,21-22,24-25,30,32,39-40H,3-6,9,12-20,23H2,1-2H3/b8-7-,11-10-. The predicted molar refractivity (Wildman–Crippen MR) is 160 cm³/mol. The van der Waals surface area contributed by atoms with Crippen molar-refractivity contribution in [2.45, 2.75) is 115 Å². The van der Waals surface area contributed by atoms with Crippen molar-refractivity contribution in [1.29, 1.82) is 0 Å². The van der Waals surface area contributed by atoms with Crippen molar-refractivity contribution in [2.24, 2.45) is 0 Å². The lowest BCUT2D eigenvalue weighted by Crippen LogP contribution is -2.45. The van der Waals surface area contributed by atoms with Crippen LogP contribution in [-0.2, 0) is 5.79 Å². The highest BCUT2D eigenvalue weighted by molar-refractivity contribution is 5.95. The Bertz CT molecular complexity index is 1140. The molecule has 0 saturated carbocycles. The molecule has 0 bridgehead atoms. The molecule has 1 aromatic heterocycles. The fourth-order valence-electron chi connectivity index (χ4n) is 5.69. The van der Waals surface area contributed by atoms with E-state index in [1.54, 1.807) is 0 Å². The van der Waals surface area contributed by atoms with Crippen LogP contribution in [-0.4, -0.2) is 51.8 Å². The number of aromatic nitrogens is 1. The van der Waals surface area contributed by atoms with Crippen LogP contribution < -0.4 is 4.74 Å². The van der Waals surface area contributed by atoms with Crippen molar-refractivity contribution in [3.05, 3.63) is 54.3 Å². The lowest BCUT2D eigenvalue weighted by Gasteiger charge is -2.32. The van der Waals surface area contributed by atoms with Crippen LogP contribution in [0.15, 0.2) is 48.7 Å². The Kier molecular flexibility index (Phi) is 13.5. The van der Waals surface area contributed by atoms with Gasteiger partial charge in [0.05, 0.1) is 11.6 Å². The van der Waals surface area contributed by atoms with E-state index in [2.05, 4.69) is 36.0 Å². The highest BCUT2D eigenvalue weighted by Gasteiger charge is 2.43. The van der Waals surface area contributed by atoms with E-state index in [0.29, 0.717) is 23.7 Å². The Morgan fingerprint density at radius 2 is 1.73 bits per heavy atom. The van der Waals surface area contributed by atoms with Crippen molar-refractivity contribution in [2.75, 3.05) is 13.6 Å². The summed E-state index contributed by atoms with van der Waals surface area (Å²) in [5.74, 6) is -2.51. The second-order valence-electron chi connectivity index (χ2n) is 11.2. The quantitative estimate of drug-likeness (QED) is 0.107. The Hall–Kier alpha value is -2.55. The summed E-state index contributed by atoms with van der Waals surface area (Å²) < 4.78 is 31.7. The van der Waals surface area contributed by atoms with Gasteiger partial charge in [0.15, 0.2) is 0 Å². The molecule has 1 fully saturated rings. The van der Waals surface area contributed by atoms with Crippen molar-refractivity contribution in [1.82, 2.24) is 9.47 Å². The third-order valence-corrected chi connectivity index (χ3v) is 7.99. The first-order valence-corrected chi connectivity index (χ1v) is 15.3. The predicted octanol–water partition coefficient (Wildman–Crippen LogP) is 7.93. The molecule has 1 saturated heterocycles. The molecular weight excluding hydrogens is 526 g/mol.